The fourth-order valence-electron chi connectivity index (χ4n) is 1.75. The van der Waals surface area contributed by atoms with Gasteiger partial charge in [-0.2, -0.15) is 0 Å². The summed E-state index contributed by atoms with van der Waals surface area (Å²) in [6.45, 7) is 5.13. The molecule has 70 valence electrons. The van der Waals surface area contributed by atoms with Crippen molar-refractivity contribution < 1.29 is 4.74 Å². The minimum absolute atomic E-state index is 0.186. The number of hydrogen-bond acceptors (Lipinski definition) is 2. The van der Waals surface area contributed by atoms with Crippen molar-refractivity contribution in [3.05, 3.63) is 35.9 Å². The predicted octanol–water partition coefficient (Wildman–Crippen LogP) is 2.04. The van der Waals surface area contributed by atoms with E-state index in [-0.39, 0.29) is 6.23 Å². The summed E-state index contributed by atoms with van der Waals surface area (Å²) in [6.07, 6.45) is 0.186. The highest BCUT2D eigenvalue weighted by Crippen LogP contribution is 2.25. The second-order valence-electron chi connectivity index (χ2n) is 3.26. The zero-order chi connectivity index (χ0) is 9.10. The highest BCUT2D eigenvalue weighted by molar-refractivity contribution is 5.17. The number of rotatable bonds is 2. The minimum atomic E-state index is 0.186. The van der Waals surface area contributed by atoms with Gasteiger partial charge in [-0.25, -0.2) is 0 Å². The first-order valence-electron chi connectivity index (χ1n) is 4.82. The molecule has 0 saturated carbocycles. The molecule has 2 nitrogen and oxygen atoms in total. The molecule has 1 aromatic carbocycles. The Morgan fingerprint density at radius 2 is 2.15 bits per heavy atom. The molecule has 0 N–H and O–H groups in total. The Morgan fingerprint density at radius 3 is 2.85 bits per heavy atom. The molecule has 2 heteroatoms. The molecule has 0 aromatic heterocycles. The van der Waals surface area contributed by atoms with Crippen molar-refractivity contribution >= 4 is 0 Å². The Kier molecular flexibility index (Phi) is 2.62. The zero-order valence-electron chi connectivity index (χ0n) is 7.94. The predicted molar refractivity (Wildman–Crippen MR) is 52.4 cm³/mol. The van der Waals surface area contributed by atoms with E-state index in [1.165, 1.54) is 5.56 Å². The lowest BCUT2D eigenvalue weighted by Crippen LogP contribution is -2.23. The summed E-state index contributed by atoms with van der Waals surface area (Å²) in [5.74, 6) is 0. The van der Waals surface area contributed by atoms with Crippen molar-refractivity contribution in [1.82, 2.24) is 4.90 Å². The lowest BCUT2D eigenvalue weighted by molar-refractivity contribution is 0.0353. The molecule has 0 amide bonds. The highest BCUT2D eigenvalue weighted by Gasteiger charge is 2.24. The highest BCUT2D eigenvalue weighted by atomic mass is 16.5. The van der Waals surface area contributed by atoms with Crippen LogP contribution in [0.1, 0.15) is 18.7 Å². The molecule has 0 spiro atoms. The molecule has 1 unspecified atom stereocenters. The molecule has 1 saturated heterocycles. The van der Waals surface area contributed by atoms with E-state index in [9.17, 15) is 0 Å². The van der Waals surface area contributed by atoms with Crippen molar-refractivity contribution in [2.75, 3.05) is 19.7 Å². The van der Waals surface area contributed by atoms with E-state index < -0.39 is 0 Å². The number of ether oxygens (including phenoxy) is 1. The maximum atomic E-state index is 5.67. The summed E-state index contributed by atoms with van der Waals surface area (Å²) in [6, 6.07) is 10.4. The lowest BCUT2D eigenvalue weighted by Gasteiger charge is -2.21. The lowest BCUT2D eigenvalue weighted by atomic mass is 10.2. The quantitative estimate of drug-likeness (QED) is 0.685. The Hall–Kier alpha value is -0.860. The van der Waals surface area contributed by atoms with Gasteiger partial charge < -0.3 is 4.74 Å². The van der Waals surface area contributed by atoms with Gasteiger partial charge in [0.05, 0.1) is 6.61 Å². The van der Waals surface area contributed by atoms with Crippen LogP contribution in [0.2, 0.25) is 0 Å². The number of hydrogen-bond donors (Lipinski definition) is 0. The molecule has 1 aliphatic heterocycles. The first-order valence-corrected chi connectivity index (χ1v) is 4.82. The molecule has 2 rings (SSSR count). The third kappa shape index (κ3) is 1.74. The summed E-state index contributed by atoms with van der Waals surface area (Å²) in [4.78, 5) is 2.34. The van der Waals surface area contributed by atoms with Gasteiger partial charge in [0.2, 0.25) is 0 Å². The van der Waals surface area contributed by atoms with Crippen molar-refractivity contribution in [3.8, 4) is 0 Å². The Labute approximate surface area is 79.1 Å². The molecular weight excluding hydrogens is 162 g/mol. The molecule has 1 fully saturated rings. The Balaban J connectivity index is 2.16. The zero-order valence-corrected chi connectivity index (χ0v) is 7.94. The molecule has 0 bridgehead atoms. The van der Waals surface area contributed by atoms with Crippen LogP contribution in [-0.4, -0.2) is 24.6 Å². The maximum absolute atomic E-state index is 5.67. The summed E-state index contributed by atoms with van der Waals surface area (Å²) in [7, 11) is 0. The molecule has 0 radical (unpaired) electrons. The van der Waals surface area contributed by atoms with Gasteiger partial charge in [0.25, 0.3) is 0 Å². The molecular formula is C11H15NO. The van der Waals surface area contributed by atoms with E-state index in [1.807, 2.05) is 6.07 Å². The average Bonchev–Trinajstić information content (AvgIpc) is 2.67. The third-order valence-corrected chi connectivity index (χ3v) is 2.48. The normalized spacial score (nSPS) is 23.6. The van der Waals surface area contributed by atoms with Gasteiger partial charge in [0, 0.05) is 6.54 Å². The van der Waals surface area contributed by atoms with Crippen molar-refractivity contribution in [1.29, 1.82) is 0 Å². The van der Waals surface area contributed by atoms with Gasteiger partial charge in [-0.3, -0.25) is 4.90 Å². The summed E-state index contributed by atoms with van der Waals surface area (Å²) in [5, 5.41) is 0. The van der Waals surface area contributed by atoms with E-state index in [2.05, 4.69) is 36.1 Å². The topological polar surface area (TPSA) is 12.5 Å². The van der Waals surface area contributed by atoms with E-state index in [1.54, 1.807) is 0 Å². The van der Waals surface area contributed by atoms with E-state index in [0.717, 1.165) is 19.7 Å². The van der Waals surface area contributed by atoms with Crippen LogP contribution in [0.25, 0.3) is 0 Å². The second-order valence-corrected chi connectivity index (χ2v) is 3.26. The molecule has 13 heavy (non-hydrogen) atoms. The smallest absolute Gasteiger partial charge is 0.136 e. The first-order chi connectivity index (χ1) is 6.42. The average molecular weight is 177 g/mol. The number of benzene rings is 1. The SMILES string of the molecule is CCN1CCOC1c1ccccc1. The molecule has 0 aliphatic carbocycles. The van der Waals surface area contributed by atoms with Gasteiger partial charge in [0.1, 0.15) is 6.23 Å². The van der Waals surface area contributed by atoms with Crippen LogP contribution in [0, 0.1) is 0 Å². The van der Waals surface area contributed by atoms with Crippen LogP contribution < -0.4 is 0 Å². The van der Waals surface area contributed by atoms with Crippen molar-refractivity contribution in [2.45, 2.75) is 13.2 Å². The monoisotopic (exact) mass is 177 g/mol. The van der Waals surface area contributed by atoms with E-state index >= 15 is 0 Å². The standard InChI is InChI=1S/C11H15NO/c1-2-12-8-9-13-11(12)10-6-4-3-5-7-10/h3-7,11H,2,8-9H2,1H3. The molecule has 1 atom stereocenters. The van der Waals surface area contributed by atoms with Gasteiger partial charge in [0.15, 0.2) is 0 Å². The van der Waals surface area contributed by atoms with Crippen LogP contribution in [0.4, 0.5) is 0 Å². The van der Waals surface area contributed by atoms with Gasteiger partial charge in [-0.15, -0.1) is 0 Å². The Morgan fingerprint density at radius 1 is 1.38 bits per heavy atom. The summed E-state index contributed by atoms with van der Waals surface area (Å²) >= 11 is 0. The number of nitrogens with zero attached hydrogens (tertiary/aromatic N) is 1. The van der Waals surface area contributed by atoms with E-state index in [4.69, 9.17) is 4.74 Å². The largest absolute Gasteiger partial charge is 0.358 e. The second kappa shape index (κ2) is 3.90. The van der Waals surface area contributed by atoms with Crippen molar-refractivity contribution in [2.24, 2.45) is 0 Å². The maximum Gasteiger partial charge on any atom is 0.136 e. The molecule has 1 heterocycles. The van der Waals surface area contributed by atoms with Crippen molar-refractivity contribution in [3.63, 3.8) is 0 Å². The van der Waals surface area contributed by atoms with Crippen LogP contribution >= 0.6 is 0 Å². The minimum Gasteiger partial charge on any atom is -0.358 e. The first kappa shape index (κ1) is 8.73. The van der Waals surface area contributed by atoms with Crippen LogP contribution in [0.5, 0.6) is 0 Å². The third-order valence-electron chi connectivity index (χ3n) is 2.48. The molecule has 1 aromatic rings. The van der Waals surface area contributed by atoms with Gasteiger partial charge in [-0.1, -0.05) is 37.3 Å². The fourth-order valence-corrected chi connectivity index (χ4v) is 1.75. The Bertz CT molecular complexity index is 260. The van der Waals surface area contributed by atoms with Gasteiger partial charge >= 0.3 is 0 Å². The van der Waals surface area contributed by atoms with Gasteiger partial charge in [-0.05, 0) is 12.1 Å². The van der Waals surface area contributed by atoms with Crippen LogP contribution in [-0.2, 0) is 4.74 Å². The summed E-state index contributed by atoms with van der Waals surface area (Å²) < 4.78 is 5.67. The summed E-state index contributed by atoms with van der Waals surface area (Å²) in [5.41, 5.74) is 1.27. The van der Waals surface area contributed by atoms with E-state index in [0.29, 0.717) is 0 Å². The fraction of sp³-hybridized carbons (Fsp3) is 0.455. The molecule has 1 aliphatic rings. The number of likely N-dealkylation sites (N-methyl/N-ethyl adjacent to an activating group) is 1. The van der Waals surface area contributed by atoms with Crippen LogP contribution in [0.3, 0.4) is 0 Å². The van der Waals surface area contributed by atoms with Crippen LogP contribution in [0.15, 0.2) is 30.3 Å².